The van der Waals surface area contributed by atoms with Gasteiger partial charge in [-0.2, -0.15) is 0 Å². The third-order valence-corrected chi connectivity index (χ3v) is 2.44. The fourth-order valence-electron chi connectivity index (χ4n) is 1.36. The molecule has 5 heteroatoms. The summed E-state index contributed by atoms with van der Waals surface area (Å²) >= 11 is 0. The molecule has 0 aliphatic heterocycles. The van der Waals surface area contributed by atoms with E-state index >= 15 is 0 Å². The first-order valence-corrected chi connectivity index (χ1v) is 5.92. The first-order valence-electron chi connectivity index (χ1n) is 5.92. The SMILES string of the molecule is CC(C)C(=O)NCCNC(=O)c1ccccc1N. The monoisotopic (exact) mass is 249 g/mol. The van der Waals surface area contributed by atoms with Crippen LogP contribution in [-0.2, 0) is 4.79 Å². The van der Waals surface area contributed by atoms with Crippen LogP contribution in [0.4, 0.5) is 5.69 Å². The molecule has 5 nitrogen and oxygen atoms in total. The van der Waals surface area contributed by atoms with Gasteiger partial charge < -0.3 is 16.4 Å². The number of anilines is 1. The molecule has 0 aliphatic carbocycles. The van der Waals surface area contributed by atoms with Gasteiger partial charge in [0.2, 0.25) is 5.91 Å². The normalized spacial score (nSPS) is 10.2. The third-order valence-electron chi connectivity index (χ3n) is 2.44. The minimum Gasteiger partial charge on any atom is -0.398 e. The Bertz CT molecular complexity index is 430. The smallest absolute Gasteiger partial charge is 0.253 e. The van der Waals surface area contributed by atoms with Crippen LogP contribution in [0.1, 0.15) is 24.2 Å². The van der Waals surface area contributed by atoms with Crippen LogP contribution >= 0.6 is 0 Å². The summed E-state index contributed by atoms with van der Waals surface area (Å²) in [6, 6.07) is 6.87. The number of nitrogens with one attached hydrogen (secondary N) is 2. The van der Waals surface area contributed by atoms with Crippen molar-refractivity contribution in [3.8, 4) is 0 Å². The second kappa shape index (κ2) is 6.64. The van der Waals surface area contributed by atoms with E-state index in [-0.39, 0.29) is 17.7 Å². The molecule has 2 amide bonds. The lowest BCUT2D eigenvalue weighted by molar-refractivity contribution is -0.123. The molecule has 1 aromatic carbocycles. The number of nitrogen functional groups attached to an aromatic ring is 1. The fraction of sp³-hybridized carbons (Fsp3) is 0.385. The molecule has 0 bridgehead atoms. The van der Waals surface area contributed by atoms with Crippen LogP contribution < -0.4 is 16.4 Å². The quantitative estimate of drug-likeness (QED) is 0.532. The van der Waals surface area contributed by atoms with Crippen LogP contribution in [0.3, 0.4) is 0 Å². The van der Waals surface area contributed by atoms with Gasteiger partial charge in [0.1, 0.15) is 0 Å². The van der Waals surface area contributed by atoms with E-state index in [0.29, 0.717) is 24.3 Å². The molecule has 98 valence electrons. The molecule has 1 aromatic rings. The predicted octanol–water partition coefficient (Wildman–Crippen LogP) is 0.771. The topological polar surface area (TPSA) is 84.2 Å². The molecular weight excluding hydrogens is 230 g/mol. The van der Waals surface area contributed by atoms with Crippen molar-refractivity contribution >= 4 is 17.5 Å². The number of amides is 2. The van der Waals surface area contributed by atoms with Gasteiger partial charge in [0.15, 0.2) is 0 Å². The van der Waals surface area contributed by atoms with Crippen LogP contribution in [0.5, 0.6) is 0 Å². The van der Waals surface area contributed by atoms with E-state index in [1.807, 2.05) is 13.8 Å². The van der Waals surface area contributed by atoms with E-state index in [2.05, 4.69) is 10.6 Å². The molecule has 0 heterocycles. The molecule has 0 aromatic heterocycles. The van der Waals surface area contributed by atoms with Crippen molar-refractivity contribution in [1.29, 1.82) is 0 Å². The molecule has 18 heavy (non-hydrogen) atoms. The van der Waals surface area contributed by atoms with Crippen LogP contribution in [0, 0.1) is 5.92 Å². The highest BCUT2D eigenvalue weighted by Crippen LogP contribution is 2.09. The maximum atomic E-state index is 11.7. The summed E-state index contributed by atoms with van der Waals surface area (Å²) in [6.45, 7) is 4.43. The van der Waals surface area contributed by atoms with E-state index in [4.69, 9.17) is 5.73 Å². The number of nitrogens with two attached hydrogens (primary N) is 1. The number of hydrogen-bond donors (Lipinski definition) is 3. The molecule has 0 fully saturated rings. The molecule has 4 N–H and O–H groups in total. The zero-order chi connectivity index (χ0) is 13.5. The molecule has 0 spiro atoms. The van der Waals surface area contributed by atoms with E-state index in [1.54, 1.807) is 24.3 Å². The Morgan fingerprint density at radius 1 is 1.17 bits per heavy atom. The molecule has 0 aliphatic rings. The fourth-order valence-corrected chi connectivity index (χ4v) is 1.36. The lowest BCUT2D eigenvalue weighted by Gasteiger charge is -2.09. The van der Waals surface area contributed by atoms with E-state index in [9.17, 15) is 9.59 Å². The van der Waals surface area contributed by atoms with Gasteiger partial charge >= 0.3 is 0 Å². The van der Waals surface area contributed by atoms with Gasteiger partial charge in [-0.3, -0.25) is 9.59 Å². The predicted molar refractivity (Wildman–Crippen MR) is 71.0 cm³/mol. The molecule has 0 saturated carbocycles. The summed E-state index contributed by atoms with van der Waals surface area (Å²) < 4.78 is 0. The number of benzene rings is 1. The van der Waals surface area contributed by atoms with Crippen molar-refractivity contribution in [2.75, 3.05) is 18.8 Å². The summed E-state index contributed by atoms with van der Waals surface area (Å²) in [5.74, 6) is -0.305. The summed E-state index contributed by atoms with van der Waals surface area (Å²) in [6.07, 6.45) is 0. The second-order valence-electron chi connectivity index (χ2n) is 4.29. The highest BCUT2D eigenvalue weighted by atomic mass is 16.2. The molecule has 0 radical (unpaired) electrons. The number of carbonyl (C=O) groups is 2. The van der Waals surface area contributed by atoms with Gasteiger partial charge in [-0.25, -0.2) is 0 Å². The van der Waals surface area contributed by atoms with Gasteiger partial charge in [-0.15, -0.1) is 0 Å². The van der Waals surface area contributed by atoms with Crippen molar-refractivity contribution in [3.05, 3.63) is 29.8 Å². The highest BCUT2D eigenvalue weighted by molar-refractivity contribution is 5.99. The highest BCUT2D eigenvalue weighted by Gasteiger charge is 2.08. The van der Waals surface area contributed by atoms with Gasteiger partial charge in [0, 0.05) is 24.7 Å². The van der Waals surface area contributed by atoms with Crippen molar-refractivity contribution in [3.63, 3.8) is 0 Å². The zero-order valence-electron chi connectivity index (χ0n) is 10.7. The molecular formula is C13H19N3O2. The van der Waals surface area contributed by atoms with E-state index in [0.717, 1.165) is 0 Å². The Labute approximate surface area is 107 Å². The maximum absolute atomic E-state index is 11.7. The Morgan fingerprint density at radius 3 is 2.39 bits per heavy atom. The van der Waals surface area contributed by atoms with Gasteiger partial charge in [0.05, 0.1) is 5.56 Å². The van der Waals surface area contributed by atoms with Crippen molar-refractivity contribution in [2.45, 2.75) is 13.8 Å². The average Bonchev–Trinajstić information content (AvgIpc) is 2.34. The number of para-hydroxylation sites is 1. The lowest BCUT2D eigenvalue weighted by atomic mass is 10.1. The van der Waals surface area contributed by atoms with Crippen molar-refractivity contribution < 1.29 is 9.59 Å². The summed E-state index contributed by atoms with van der Waals surface area (Å²) in [7, 11) is 0. The minimum absolute atomic E-state index is 0.0246. The Balaban J connectivity index is 2.35. The number of carbonyl (C=O) groups excluding carboxylic acids is 2. The van der Waals surface area contributed by atoms with Crippen LogP contribution in [0.25, 0.3) is 0 Å². The second-order valence-corrected chi connectivity index (χ2v) is 4.29. The molecule has 0 atom stereocenters. The summed E-state index contributed by atoms with van der Waals surface area (Å²) in [5, 5.41) is 5.42. The Hall–Kier alpha value is -2.04. The summed E-state index contributed by atoms with van der Waals surface area (Å²) in [5.41, 5.74) is 6.58. The van der Waals surface area contributed by atoms with Crippen molar-refractivity contribution in [1.82, 2.24) is 10.6 Å². The first kappa shape index (κ1) is 14.0. The van der Waals surface area contributed by atoms with Crippen LogP contribution in [0.15, 0.2) is 24.3 Å². The molecule has 0 saturated heterocycles. The molecule has 0 unspecified atom stereocenters. The maximum Gasteiger partial charge on any atom is 0.253 e. The largest absolute Gasteiger partial charge is 0.398 e. The van der Waals surface area contributed by atoms with Gasteiger partial charge in [0.25, 0.3) is 5.91 Å². The first-order chi connectivity index (χ1) is 8.52. The third kappa shape index (κ3) is 4.08. The van der Waals surface area contributed by atoms with E-state index in [1.165, 1.54) is 0 Å². The lowest BCUT2D eigenvalue weighted by Crippen LogP contribution is -2.36. The van der Waals surface area contributed by atoms with E-state index < -0.39 is 0 Å². The Morgan fingerprint density at radius 2 is 1.78 bits per heavy atom. The summed E-state index contributed by atoms with van der Waals surface area (Å²) in [4.78, 5) is 23.0. The van der Waals surface area contributed by atoms with Gasteiger partial charge in [-0.05, 0) is 12.1 Å². The van der Waals surface area contributed by atoms with Crippen LogP contribution in [-0.4, -0.2) is 24.9 Å². The standard InChI is InChI=1S/C13H19N3O2/c1-9(2)12(17)15-7-8-16-13(18)10-5-3-4-6-11(10)14/h3-6,9H,7-8,14H2,1-2H3,(H,15,17)(H,16,18). The number of rotatable bonds is 5. The Kier molecular flexibility index (Phi) is 5.17. The minimum atomic E-state index is -0.230. The van der Waals surface area contributed by atoms with Gasteiger partial charge in [-0.1, -0.05) is 26.0 Å². The molecule has 1 rings (SSSR count). The van der Waals surface area contributed by atoms with Crippen LogP contribution in [0.2, 0.25) is 0 Å². The number of hydrogen-bond acceptors (Lipinski definition) is 3. The zero-order valence-corrected chi connectivity index (χ0v) is 10.7. The average molecular weight is 249 g/mol. The van der Waals surface area contributed by atoms with Crippen molar-refractivity contribution in [2.24, 2.45) is 5.92 Å².